The number of ether oxygens (including phenoxy) is 1. The summed E-state index contributed by atoms with van der Waals surface area (Å²) in [5.41, 5.74) is 5.21. The van der Waals surface area contributed by atoms with Crippen molar-refractivity contribution in [3.63, 3.8) is 0 Å². The molecule has 4 rings (SSSR count). The molecule has 1 aromatic rings. The number of nitrogens with zero attached hydrogens (tertiary/aromatic N) is 1. The number of hydrogen-bond acceptors (Lipinski definition) is 4. The lowest BCUT2D eigenvalue weighted by Crippen LogP contribution is -2.42. The molecule has 3 aliphatic rings. The van der Waals surface area contributed by atoms with Crippen LogP contribution in [0, 0.1) is 5.92 Å². The molecule has 0 spiro atoms. The maximum Gasteiger partial charge on any atom is 0.416 e. The predicted octanol–water partition coefficient (Wildman–Crippen LogP) is 4.04. The Hall–Kier alpha value is -2.13. The Morgan fingerprint density at radius 2 is 1.79 bits per heavy atom. The van der Waals surface area contributed by atoms with Crippen LogP contribution in [0.4, 0.5) is 13.2 Å². The molecule has 190 valence electrons. The smallest absolute Gasteiger partial charge is 0.381 e. The maximum absolute atomic E-state index is 13.3. The number of amides is 2. The van der Waals surface area contributed by atoms with Gasteiger partial charge in [0.15, 0.2) is 0 Å². The van der Waals surface area contributed by atoms with E-state index in [1.54, 1.807) is 4.90 Å². The van der Waals surface area contributed by atoms with E-state index in [1.807, 2.05) is 0 Å². The van der Waals surface area contributed by atoms with Crippen molar-refractivity contribution >= 4 is 11.8 Å². The van der Waals surface area contributed by atoms with Gasteiger partial charge in [0.2, 0.25) is 11.8 Å². The average molecular weight is 484 g/mol. The summed E-state index contributed by atoms with van der Waals surface area (Å²) in [6.45, 7) is 6.22. The monoisotopic (exact) mass is 483 g/mol. The number of halogens is 3. The highest BCUT2D eigenvalue weighted by Gasteiger charge is 2.37. The van der Waals surface area contributed by atoms with E-state index in [9.17, 15) is 22.8 Å². The minimum absolute atomic E-state index is 0.0139. The Morgan fingerprint density at radius 1 is 1.12 bits per heavy atom. The third kappa shape index (κ3) is 6.50. The molecular formula is C25H36F3N3O3. The van der Waals surface area contributed by atoms with Gasteiger partial charge in [-0.2, -0.15) is 13.2 Å². The van der Waals surface area contributed by atoms with Gasteiger partial charge >= 0.3 is 6.18 Å². The standard InChI is InChI=1S/C22H28F3N3O3.C3H8/c23-22(24,25)15-9-14-12-28(6-3-18(14)19(11-15)20(26)29)21(30)13-1-2-17(10-13)27-16-4-7-31-8-5-16;1-3-2/h9,11,13,16-17,27H,1-8,10,12H2,(H2,26,29);3H2,1-2H3/t13-,17?;/m0./s1. The molecule has 1 saturated heterocycles. The summed E-state index contributed by atoms with van der Waals surface area (Å²) in [4.78, 5) is 26.5. The quantitative estimate of drug-likeness (QED) is 0.677. The minimum Gasteiger partial charge on any atom is -0.381 e. The first-order chi connectivity index (χ1) is 16.1. The molecule has 2 fully saturated rings. The zero-order valence-corrected chi connectivity index (χ0v) is 20.0. The Labute approximate surface area is 199 Å². The first-order valence-electron chi connectivity index (χ1n) is 12.3. The van der Waals surface area contributed by atoms with E-state index in [2.05, 4.69) is 19.2 Å². The van der Waals surface area contributed by atoms with Gasteiger partial charge in [-0.15, -0.1) is 0 Å². The topological polar surface area (TPSA) is 84.7 Å². The second-order valence-electron chi connectivity index (χ2n) is 9.50. The number of fused-ring (bicyclic) bond motifs is 1. The van der Waals surface area contributed by atoms with Crippen LogP contribution in [0.2, 0.25) is 0 Å². The average Bonchev–Trinajstić information content (AvgIpc) is 3.26. The summed E-state index contributed by atoms with van der Waals surface area (Å²) in [5, 5.41) is 3.64. The summed E-state index contributed by atoms with van der Waals surface area (Å²) in [7, 11) is 0. The molecule has 3 N–H and O–H groups in total. The number of primary amides is 1. The number of nitrogens with two attached hydrogens (primary N) is 1. The fourth-order valence-electron chi connectivity index (χ4n) is 5.08. The van der Waals surface area contributed by atoms with Crippen LogP contribution in [0.5, 0.6) is 0 Å². The minimum atomic E-state index is -4.58. The van der Waals surface area contributed by atoms with E-state index in [1.165, 1.54) is 6.42 Å². The van der Waals surface area contributed by atoms with Gasteiger partial charge in [-0.05, 0) is 61.8 Å². The van der Waals surface area contributed by atoms with Crippen molar-refractivity contribution in [2.24, 2.45) is 11.7 Å². The maximum atomic E-state index is 13.3. The molecule has 9 heteroatoms. The van der Waals surface area contributed by atoms with Crippen LogP contribution in [0.3, 0.4) is 0 Å². The van der Waals surface area contributed by atoms with Crippen LogP contribution in [0.15, 0.2) is 12.1 Å². The van der Waals surface area contributed by atoms with Crippen molar-refractivity contribution in [2.75, 3.05) is 19.8 Å². The molecule has 1 aliphatic carbocycles. The van der Waals surface area contributed by atoms with E-state index in [-0.39, 0.29) is 30.0 Å². The van der Waals surface area contributed by atoms with Gasteiger partial charge in [-0.1, -0.05) is 20.3 Å². The van der Waals surface area contributed by atoms with E-state index in [4.69, 9.17) is 10.5 Å². The highest BCUT2D eigenvalue weighted by atomic mass is 19.4. The molecule has 1 unspecified atom stereocenters. The number of alkyl halides is 3. The Bertz CT molecular complexity index is 869. The number of hydrogen-bond donors (Lipinski definition) is 2. The third-order valence-corrected chi connectivity index (χ3v) is 6.71. The molecular weight excluding hydrogens is 447 g/mol. The molecule has 2 heterocycles. The first kappa shape index (κ1) is 26.5. The largest absolute Gasteiger partial charge is 0.416 e. The number of benzene rings is 1. The second-order valence-corrected chi connectivity index (χ2v) is 9.50. The summed E-state index contributed by atoms with van der Waals surface area (Å²) in [6.07, 6.45) is 1.38. The van der Waals surface area contributed by atoms with Crippen LogP contribution in [-0.4, -0.2) is 48.6 Å². The van der Waals surface area contributed by atoms with Crippen LogP contribution >= 0.6 is 0 Å². The van der Waals surface area contributed by atoms with Gasteiger partial charge in [0, 0.05) is 49.9 Å². The van der Waals surface area contributed by atoms with Gasteiger partial charge < -0.3 is 20.7 Å². The van der Waals surface area contributed by atoms with Crippen LogP contribution < -0.4 is 11.1 Å². The molecule has 6 nitrogen and oxygen atoms in total. The zero-order chi connectivity index (χ0) is 24.9. The van der Waals surface area contributed by atoms with Gasteiger partial charge in [-0.3, -0.25) is 9.59 Å². The van der Waals surface area contributed by atoms with E-state index >= 15 is 0 Å². The van der Waals surface area contributed by atoms with Crippen molar-refractivity contribution in [1.82, 2.24) is 10.2 Å². The Kier molecular flexibility index (Phi) is 8.98. The molecule has 0 bridgehead atoms. The highest BCUT2D eigenvalue weighted by molar-refractivity contribution is 5.95. The van der Waals surface area contributed by atoms with Crippen molar-refractivity contribution in [3.05, 3.63) is 34.4 Å². The second kappa shape index (κ2) is 11.5. The normalized spacial score (nSPS) is 23.1. The molecule has 2 amide bonds. The van der Waals surface area contributed by atoms with Crippen LogP contribution in [-0.2, 0) is 28.7 Å². The lowest BCUT2D eigenvalue weighted by atomic mass is 9.90. The first-order valence-corrected chi connectivity index (χ1v) is 12.3. The van der Waals surface area contributed by atoms with Crippen LogP contribution in [0.1, 0.15) is 79.4 Å². The van der Waals surface area contributed by atoms with E-state index in [0.717, 1.165) is 57.5 Å². The van der Waals surface area contributed by atoms with Gasteiger partial charge in [0.25, 0.3) is 0 Å². The summed E-state index contributed by atoms with van der Waals surface area (Å²) in [5.74, 6) is -1.01. The fraction of sp³-hybridized carbons (Fsp3) is 0.680. The molecule has 1 aromatic carbocycles. The molecule has 34 heavy (non-hydrogen) atoms. The van der Waals surface area contributed by atoms with Crippen LogP contribution in [0.25, 0.3) is 0 Å². The number of rotatable bonds is 4. The molecule has 2 aliphatic heterocycles. The lowest BCUT2D eigenvalue weighted by molar-refractivity contribution is -0.137. The molecule has 0 aromatic heterocycles. The summed E-state index contributed by atoms with van der Waals surface area (Å²) < 4.78 is 45.3. The van der Waals surface area contributed by atoms with Crippen molar-refractivity contribution < 1.29 is 27.5 Å². The van der Waals surface area contributed by atoms with Crippen molar-refractivity contribution in [2.45, 2.75) is 83.6 Å². The predicted molar refractivity (Wildman–Crippen MR) is 123 cm³/mol. The molecule has 1 saturated carbocycles. The van der Waals surface area contributed by atoms with Gasteiger partial charge in [0.1, 0.15) is 0 Å². The van der Waals surface area contributed by atoms with Gasteiger partial charge in [0.05, 0.1) is 5.56 Å². The summed E-state index contributed by atoms with van der Waals surface area (Å²) >= 11 is 0. The summed E-state index contributed by atoms with van der Waals surface area (Å²) in [6, 6.07) is 2.57. The number of carbonyl (C=O) groups is 2. The van der Waals surface area contributed by atoms with Crippen molar-refractivity contribution in [1.29, 1.82) is 0 Å². The Balaban J connectivity index is 0.00000103. The number of nitrogens with one attached hydrogen (secondary N) is 1. The number of carbonyl (C=O) groups excluding carboxylic acids is 2. The van der Waals surface area contributed by atoms with Gasteiger partial charge in [-0.25, -0.2) is 0 Å². The zero-order valence-electron chi connectivity index (χ0n) is 20.0. The van der Waals surface area contributed by atoms with Crippen molar-refractivity contribution in [3.8, 4) is 0 Å². The highest BCUT2D eigenvalue weighted by Crippen LogP contribution is 2.35. The molecule has 0 radical (unpaired) electrons. The third-order valence-electron chi connectivity index (χ3n) is 6.71. The lowest BCUT2D eigenvalue weighted by Gasteiger charge is -2.32. The van der Waals surface area contributed by atoms with E-state index < -0.39 is 17.6 Å². The fourth-order valence-corrected chi connectivity index (χ4v) is 5.08. The molecule has 2 atom stereocenters. The SMILES string of the molecule is CCC.NC(=O)c1cc(C(F)(F)F)cc2c1CCN(C(=O)[C@H]1CCC(NC3CCOCC3)C1)C2. The van der Waals surface area contributed by atoms with E-state index in [0.29, 0.717) is 30.1 Å². The Morgan fingerprint density at radius 3 is 2.41 bits per heavy atom.